The number of piperidine rings is 1. The zero-order chi connectivity index (χ0) is 11.3. The predicted octanol–water partition coefficient (Wildman–Crippen LogP) is 1.22. The first-order valence-electron chi connectivity index (χ1n) is 6.18. The minimum atomic E-state index is -0.455. The molecular formula is C12H26N2O. The normalized spacial score (nSPS) is 28.6. The standard InChI is InChI=1S/C12H26N2O/c1-11(2)13-7-5-9-14-8-4-6-12(3,15)10-14/h11,13,15H,4-10H2,1-3H3. The third kappa shape index (κ3) is 5.50. The van der Waals surface area contributed by atoms with Crippen molar-refractivity contribution in [2.45, 2.75) is 51.7 Å². The van der Waals surface area contributed by atoms with Gasteiger partial charge < -0.3 is 15.3 Å². The molecule has 1 fully saturated rings. The summed E-state index contributed by atoms with van der Waals surface area (Å²) >= 11 is 0. The minimum absolute atomic E-state index is 0.455. The maximum Gasteiger partial charge on any atom is 0.0746 e. The van der Waals surface area contributed by atoms with Crippen LogP contribution in [0.15, 0.2) is 0 Å². The van der Waals surface area contributed by atoms with Crippen LogP contribution in [0.2, 0.25) is 0 Å². The SMILES string of the molecule is CC(C)NCCCN1CCCC(C)(O)C1. The molecular weight excluding hydrogens is 188 g/mol. The van der Waals surface area contributed by atoms with Gasteiger partial charge in [0.05, 0.1) is 5.60 Å². The number of hydrogen-bond donors (Lipinski definition) is 2. The maximum atomic E-state index is 9.93. The highest BCUT2D eigenvalue weighted by atomic mass is 16.3. The van der Waals surface area contributed by atoms with E-state index in [0.717, 1.165) is 39.0 Å². The van der Waals surface area contributed by atoms with E-state index in [2.05, 4.69) is 24.1 Å². The van der Waals surface area contributed by atoms with E-state index in [-0.39, 0.29) is 0 Å². The average Bonchev–Trinajstić information content (AvgIpc) is 2.10. The van der Waals surface area contributed by atoms with Gasteiger partial charge in [0.1, 0.15) is 0 Å². The Hall–Kier alpha value is -0.120. The topological polar surface area (TPSA) is 35.5 Å². The van der Waals surface area contributed by atoms with Gasteiger partial charge in [0, 0.05) is 12.6 Å². The van der Waals surface area contributed by atoms with Crippen LogP contribution in [-0.4, -0.2) is 47.8 Å². The van der Waals surface area contributed by atoms with E-state index in [0.29, 0.717) is 6.04 Å². The van der Waals surface area contributed by atoms with Crippen molar-refractivity contribution >= 4 is 0 Å². The maximum absolute atomic E-state index is 9.93. The van der Waals surface area contributed by atoms with Gasteiger partial charge in [0.2, 0.25) is 0 Å². The number of likely N-dealkylation sites (tertiary alicyclic amines) is 1. The van der Waals surface area contributed by atoms with Gasteiger partial charge in [-0.1, -0.05) is 13.8 Å². The molecule has 2 N–H and O–H groups in total. The Morgan fingerprint density at radius 1 is 1.47 bits per heavy atom. The van der Waals surface area contributed by atoms with Gasteiger partial charge in [-0.3, -0.25) is 0 Å². The molecule has 1 aliphatic heterocycles. The van der Waals surface area contributed by atoms with Crippen molar-refractivity contribution < 1.29 is 5.11 Å². The first-order chi connectivity index (χ1) is 6.99. The lowest BCUT2D eigenvalue weighted by atomic mass is 9.95. The van der Waals surface area contributed by atoms with Crippen LogP contribution in [-0.2, 0) is 0 Å². The summed E-state index contributed by atoms with van der Waals surface area (Å²) in [5.74, 6) is 0. The Morgan fingerprint density at radius 3 is 2.80 bits per heavy atom. The van der Waals surface area contributed by atoms with Crippen molar-refractivity contribution in [3.8, 4) is 0 Å². The van der Waals surface area contributed by atoms with Crippen LogP contribution < -0.4 is 5.32 Å². The molecule has 1 heterocycles. The molecule has 90 valence electrons. The molecule has 1 saturated heterocycles. The zero-order valence-electron chi connectivity index (χ0n) is 10.4. The minimum Gasteiger partial charge on any atom is -0.389 e. The Bertz CT molecular complexity index is 180. The molecule has 0 aromatic rings. The Balaban J connectivity index is 2.11. The molecule has 0 radical (unpaired) electrons. The third-order valence-electron chi connectivity index (χ3n) is 2.96. The summed E-state index contributed by atoms with van der Waals surface area (Å²) in [6, 6.07) is 0.578. The number of nitrogens with zero attached hydrogens (tertiary/aromatic N) is 1. The van der Waals surface area contributed by atoms with Crippen LogP contribution in [0, 0.1) is 0 Å². The fourth-order valence-electron chi connectivity index (χ4n) is 2.21. The molecule has 0 aromatic carbocycles. The second-order valence-electron chi connectivity index (χ2n) is 5.34. The lowest BCUT2D eigenvalue weighted by Gasteiger charge is -2.36. The largest absolute Gasteiger partial charge is 0.389 e. The van der Waals surface area contributed by atoms with Crippen molar-refractivity contribution in [2.75, 3.05) is 26.2 Å². The van der Waals surface area contributed by atoms with Crippen molar-refractivity contribution in [1.29, 1.82) is 0 Å². The second kappa shape index (κ2) is 5.83. The van der Waals surface area contributed by atoms with Crippen molar-refractivity contribution in [3.05, 3.63) is 0 Å². The van der Waals surface area contributed by atoms with Crippen molar-refractivity contribution in [2.24, 2.45) is 0 Å². The quantitative estimate of drug-likeness (QED) is 0.676. The van der Waals surface area contributed by atoms with Gasteiger partial charge >= 0.3 is 0 Å². The molecule has 1 rings (SSSR count). The summed E-state index contributed by atoms with van der Waals surface area (Å²) in [6.07, 6.45) is 3.26. The Labute approximate surface area is 93.9 Å². The highest BCUT2D eigenvalue weighted by molar-refractivity contribution is 4.82. The van der Waals surface area contributed by atoms with Gasteiger partial charge in [-0.15, -0.1) is 0 Å². The lowest BCUT2D eigenvalue weighted by Crippen LogP contribution is -2.46. The summed E-state index contributed by atoms with van der Waals surface area (Å²) in [4.78, 5) is 2.38. The second-order valence-corrected chi connectivity index (χ2v) is 5.34. The number of aliphatic hydroxyl groups is 1. The molecule has 0 bridgehead atoms. The van der Waals surface area contributed by atoms with Gasteiger partial charge in [0.25, 0.3) is 0 Å². The summed E-state index contributed by atoms with van der Waals surface area (Å²) in [5, 5.41) is 13.3. The summed E-state index contributed by atoms with van der Waals surface area (Å²) < 4.78 is 0. The van der Waals surface area contributed by atoms with E-state index in [1.54, 1.807) is 0 Å². The van der Waals surface area contributed by atoms with Crippen LogP contribution in [0.25, 0.3) is 0 Å². The molecule has 3 heteroatoms. The zero-order valence-corrected chi connectivity index (χ0v) is 10.4. The lowest BCUT2D eigenvalue weighted by molar-refractivity contribution is -0.0156. The van der Waals surface area contributed by atoms with Crippen LogP contribution in [0.5, 0.6) is 0 Å². The van der Waals surface area contributed by atoms with E-state index in [9.17, 15) is 5.11 Å². The predicted molar refractivity (Wildman–Crippen MR) is 64.1 cm³/mol. The number of rotatable bonds is 5. The molecule has 0 aliphatic carbocycles. The van der Waals surface area contributed by atoms with Crippen molar-refractivity contribution in [1.82, 2.24) is 10.2 Å². The van der Waals surface area contributed by atoms with Crippen LogP contribution in [0.3, 0.4) is 0 Å². The van der Waals surface area contributed by atoms with E-state index in [1.807, 2.05) is 6.92 Å². The fourth-order valence-corrected chi connectivity index (χ4v) is 2.21. The number of hydrogen-bond acceptors (Lipinski definition) is 3. The first-order valence-corrected chi connectivity index (χ1v) is 6.18. The smallest absolute Gasteiger partial charge is 0.0746 e. The van der Waals surface area contributed by atoms with Crippen LogP contribution in [0.1, 0.15) is 40.0 Å². The van der Waals surface area contributed by atoms with Crippen molar-refractivity contribution in [3.63, 3.8) is 0 Å². The Kier molecular flexibility index (Phi) is 5.03. The molecule has 0 amide bonds. The summed E-state index contributed by atoms with van der Waals surface area (Å²) in [7, 11) is 0. The van der Waals surface area contributed by atoms with Crippen LogP contribution in [0.4, 0.5) is 0 Å². The summed E-state index contributed by atoms with van der Waals surface area (Å²) in [5.41, 5.74) is -0.455. The highest BCUT2D eigenvalue weighted by Crippen LogP contribution is 2.19. The highest BCUT2D eigenvalue weighted by Gasteiger charge is 2.27. The van der Waals surface area contributed by atoms with E-state index >= 15 is 0 Å². The van der Waals surface area contributed by atoms with E-state index in [4.69, 9.17) is 0 Å². The van der Waals surface area contributed by atoms with E-state index < -0.39 is 5.60 Å². The molecule has 1 atom stereocenters. The molecule has 0 saturated carbocycles. The molecule has 3 nitrogen and oxygen atoms in total. The Morgan fingerprint density at radius 2 is 2.20 bits per heavy atom. The monoisotopic (exact) mass is 214 g/mol. The number of β-amino-alcohol motifs (C(OH)–C–C–N with tert-alkyl or cyclic N) is 1. The van der Waals surface area contributed by atoms with E-state index in [1.165, 1.54) is 6.42 Å². The van der Waals surface area contributed by atoms with Gasteiger partial charge in [-0.2, -0.15) is 0 Å². The average molecular weight is 214 g/mol. The molecule has 1 aliphatic rings. The van der Waals surface area contributed by atoms with Gasteiger partial charge in [-0.25, -0.2) is 0 Å². The molecule has 0 aromatic heterocycles. The summed E-state index contributed by atoms with van der Waals surface area (Å²) in [6.45, 7) is 10.5. The molecule has 15 heavy (non-hydrogen) atoms. The molecule has 1 unspecified atom stereocenters. The van der Waals surface area contributed by atoms with Crippen LogP contribution >= 0.6 is 0 Å². The third-order valence-corrected chi connectivity index (χ3v) is 2.96. The number of nitrogens with one attached hydrogen (secondary N) is 1. The van der Waals surface area contributed by atoms with Gasteiger partial charge in [-0.05, 0) is 45.8 Å². The van der Waals surface area contributed by atoms with Gasteiger partial charge in [0.15, 0.2) is 0 Å². The molecule has 0 spiro atoms. The first kappa shape index (κ1) is 12.9. The fraction of sp³-hybridized carbons (Fsp3) is 1.00.